The Balaban J connectivity index is 1.92. The Morgan fingerprint density at radius 3 is 3.18 bits per heavy atom. The zero-order valence-electron chi connectivity index (χ0n) is 12.4. The standard InChI is InChI=1S/C15H21ClN4O2/c1-2-7-19(9-10-21)15(22)18-12-5-8-20(11-12)14-13(16)4-3-6-17-14/h2-4,6,12,21H,1,5,7-11H2,(H,18,22). The van der Waals surface area contributed by atoms with E-state index in [4.69, 9.17) is 16.7 Å². The minimum atomic E-state index is -0.187. The number of nitrogens with one attached hydrogen (secondary N) is 1. The summed E-state index contributed by atoms with van der Waals surface area (Å²) in [6.45, 7) is 5.72. The van der Waals surface area contributed by atoms with E-state index in [0.29, 0.717) is 24.7 Å². The number of amides is 2. The molecule has 1 aliphatic rings. The van der Waals surface area contributed by atoms with Crippen molar-refractivity contribution in [1.29, 1.82) is 0 Å². The second kappa shape index (κ2) is 8.00. The number of urea groups is 1. The van der Waals surface area contributed by atoms with Crippen molar-refractivity contribution in [2.24, 2.45) is 0 Å². The highest BCUT2D eigenvalue weighted by Crippen LogP contribution is 2.25. The number of anilines is 1. The highest BCUT2D eigenvalue weighted by molar-refractivity contribution is 6.32. The molecule has 2 heterocycles. The van der Waals surface area contributed by atoms with Gasteiger partial charge in [-0.15, -0.1) is 6.58 Å². The Labute approximate surface area is 135 Å². The normalized spacial score (nSPS) is 17.4. The number of aliphatic hydroxyl groups excluding tert-OH is 1. The van der Waals surface area contributed by atoms with E-state index in [0.717, 1.165) is 18.8 Å². The molecule has 0 aromatic carbocycles. The summed E-state index contributed by atoms with van der Waals surface area (Å²) >= 11 is 6.15. The number of rotatable bonds is 6. The van der Waals surface area contributed by atoms with Crippen molar-refractivity contribution in [3.63, 3.8) is 0 Å². The number of pyridine rings is 1. The van der Waals surface area contributed by atoms with Gasteiger partial charge in [0.05, 0.1) is 11.6 Å². The molecule has 0 aliphatic carbocycles. The summed E-state index contributed by atoms with van der Waals surface area (Å²) in [5, 5.41) is 12.6. The Hall–Kier alpha value is -1.79. The molecule has 0 radical (unpaired) electrons. The smallest absolute Gasteiger partial charge is 0.318 e. The van der Waals surface area contributed by atoms with Gasteiger partial charge in [0.1, 0.15) is 5.82 Å². The summed E-state index contributed by atoms with van der Waals surface area (Å²) in [6, 6.07) is 3.45. The number of hydrogen-bond donors (Lipinski definition) is 2. The lowest BCUT2D eigenvalue weighted by Gasteiger charge is -2.23. The molecule has 0 spiro atoms. The summed E-state index contributed by atoms with van der Waals surface area (Å²) in [4.78, 5) is 20.1. The number of aromatic nitrogens is 1. The summed E-state index contributed by atoms with van der Waals surface area (Å²) in [5.74, 6) is 0.749. The van der Waals surface area contributed by atoms with Crippen molar-refractivity contribution in [2.75, 3.05) is 37.7 Å². The van der Waals surface area contributed by atoms with Gasteiger partial charge in [-0.1, -0.05) is 17.7 Å². The third-order valence-electron chi connectivity index (χ3n) is 3.56. The van der Waals surface area contributed by atoms with Crippen LogP contribution in [-0.4, -0.2) is 59.8 Å². The van der Waals surface area contributed by atoms with Crippen molar-refractivity contribution >= 4 is 23.4 Å². The minimum absolute atomic E-state index is 0.0385. The molecular weight excluding hydrogens is 304 g/mol. The monoisotopic (exact) mass is 324 g/mol. The summed E-state index contributed by atoms with van der Waals surface area (Å²) in [7, 11) is 0. The zero-order valence-corrected chi connectivity index (χ0v) is 13.2. The van der Waals surface area contributed by atoms with Crippen molar-refractivity contribution in [3.05, 3.63) is 36.0 Å². The molecule has 0 saturated carbocycles. The van der Waals surface area contributed by atoms with Crippen molar-refractivity contribution in [1.82, 2.24) is 15.2 Å². The van der Waals surface area contributed by atoms with E-state index in [1.54, 1.807) is 18.3 Å². The lowest BCUT2D eigenvalue weighted by molar-refractivity contribution is 0.181. The van der Waals surface area contributed by atoms with Crippen LogP contribution in [0.2, 0.25) is 5.02 Å². The molecule has 0 bridgehead atoms. The van der Waals surface area contributed by atoms with Crippen LogP contribution in [0, 0.1) is 0 Å². The first-order valence-electron chi connectivity index (χ1n) is 7.28. The molecule has 2 amide bonds. The highest BCUT2D eigenvalue weighted by atomic mass is 35.5. The Kier molecular flexibility index (Phi) is 6.03. The zero-order chi connectivity index (χ0) is 15.9. The van der Waals surface area contributed by atoms with Crippen LogP contribution >= 0.6 is 11.6 Å². The number of carbonyl (C=O) groups excluding carboxylic acids is 1. The lowest BCUT2D eigenvalue weighted by Crippen LogP contribution is -2.46. The minimum Gasteiger partial charge on any atom is -0.395 e. The van der Waals surface area contributed by atoms with Crippen LogP contribution in [0.3, 0.4) is 0 Å². The van der Waals surface area contributed by atoms with E-state index in [9.17, 15) is 4.79 Å². The van der Waals surface area contributed by atoms with Gasteiger partial charge in [-0.25, -0.2) is 9.78 Å². The van der Waals surface area contributed by atoms with Gasteiger partial charge in [-0.05, 0) is 18.6 Å². The fraction of sp³-hybridized carbons (Fsp3) is 0.467. The molecule has 7 heteroatoms. The number of halogens is 1. The molecule has 6 nitrogen and oxygen atoms in total. The average Bonchev–Trinajstić information content (AvgIpc) is 2.95. The predicted octanol–water partition coefficient (Wildman–Crippen LogP) is 1.50. The number of hydrogen-bond acceptors (Lipinski definition) is 4. The molecule has 120 valence electrons. The number of nitrogens with zero attached hydrogens (tertiary/aromatic N) is 3. The van der Waals surface area contributed by atoms with E-state index in [1.807, 2.05) is 6.07 Å². The van der Waals surface area contributed by atoms with Gasteiger partial charge in [0.25, 0.3) is 0 Å². The molecule has 2 rings (SSSR count). The van der Waals surface area contributed by atoms with Crippen LogP contribution in [-0.2, 0) is 0 Å². The first-order chi connectivity index (χ1) is 10.7. The molecule has 1 atom stereocenters. The van der Waals surface area contributed by atoms with Crippen molar-refractivity contribution < 1.29 is 9.90 Å². The van der Waals surface area contributed by atoms with Crippen LogP contribution in [0.4, 0.5) is 10.6 Å². The highest BCUT2D eigenvalue weighted by Gasteiger charge is 2.27. The maximum absolute atomic E-state index is 12.2. The summed E-state index contributed by atoms with van der Waals surface area (Å²) < 4.78 is 0. The largest absolute Gasteiger partial charge is 0.395 e. The Morgan fingerprint density at radius 1 is 1.68 bits per heavy atom. The molecular formula is C15H21ClN4O2. The third-order valence-corrected chi connectivity index (χ3v) is 3.86. The maximum atomic E-state index is 12.2. The first kappa shape index (κ1) is 16.6. The van der Waals surface area contributed by atoms with Crippen LogP contribution in [0.25, 0.3) is 0 Å². The summed E-state index contributed by atoms with van der Waals surface area (Å²) in [5.41, 5.74) is 0. The van der Waals surface area contributed by atoms with Gasteiger partial charge < -0.3 is 20.2 Å². The molecule has 1 aromatic heterocycles. The second-order valence-corrected chi connectivity index (χ2v) is 5.56. The van der Waals surface area contributed by atoms with Crippen LogP contribution < -0.4 is 10.2 Å². The molecule has 1 unspecified atom stereocenters. The van der Waals surface area contributed by atoms with Crippen LogP contribution in [0.5, 0.6) is 0 Å². The van der Waals surface area contributed by atoms with Crippen LogP contribution in [0.1, 0.15) is 6.42 Å². The molecule has 1 saturated heterocycles. The molecule has 1 fully saturated rings. The van der Waals surface area contributed by atoms with Gasteiger partial charge in [-0.3, -0.25) is 0 Å². The van der Waals surface area contributed by atoms with Crippen LogP contribution in [0.15, 0.2) is 31.0 Å². The SMILES string of the molecule is C=CCN(CCO)C(=O)NC1CCN(c2ncccc2Cl)C1. The van der Waals surface area contributed by atoms with E-state index in [2.05, 4.69) is 21.8 Å². The Morgan fingerprint density at radius 2 is 2.50 bits per heavy atom. The van der Waals surface area contributed by atoms with E-state index in [1.165, 1.54) is 4.90 Å². The first-order valence-corrected chi connectivity index (χ1v) is 7.66. The molecule has 2 N–H and O–H groups in total. The second-order valence-electron chi connectivity index (χ2n) is 5.15. The van der Waals surface area contributed by atoms with Crippen molar-refractivity contribution in [2.45, 2.75) is 12.5 Å². The van der Waals surface area contributed by atoms with Gasteiger partial charge in [0.2, 0.25) is 0 Å². The van der Waals surface area contributed by atoms with Gasteiger partial charge in [0, 0.05) is 38.4 Å². The molecule has 1 aromatic rings. The van der Waals surface area contributed by atoms with Crippen molar-refractivity contribution in [3.8, 4) is 0 Å². The van der Waals surface area contributed by atoms with E-state index in [-0.39, 0.29) is 18.7 Å². The molecule has 1 aliphatic heterocycles. The quantitative estimate of drug-likeness (QED) is 0.778. The van der Waals surface area contributed by atoms with E-state index < -0.39 is 0 Å². The maximum Gasteiger partial charge on any atom is 0.318 e. The fourth-order valence-electron chi connectivity index (χ4n) is 2.50. The predicted molar refractivity (Wildman–Crippen MR) is 87.3 cm³/mol. The third kappa shape index (κ3) is 4.11. The number of carbonyl (C=O) groups is 1. The van der Waals surface area contributed by atoms with Gasteiger partial charge >= 0.3 is 6.03 Å². The lowest BCUT2D eigenvalue weighted by atomic mass is 10.3. The average molecular weight is 325 g/mol. The topological polar surface area (TPSA) is 68.7 Å². The van der Waals surface area contributed by atoms with E-state index >= 15 is 0 Å². The summed E-state index contributed by atoms with van der Waals surface area (Å²) in [6.07, 6.45) is 4.18. The fourth-order valence-corrected chi connectivity index (χ4v) is 2.74. The van der Waals surface area contributed by atoms with Gasteiger partial charge in [-0.2, -0.15) is 0 Å². The molecule has 22 heavy (non-hydrogen) atoms. The Bertz CT molecular complexity index is 526. The number of aliphatic hydroxyl groups is 1. The van der Waals surface area contributed by atoms with Gasteiger partial charge in [0.15, 0.2) is 0 Å².